The van der Waals surface area contributed by atoms with Crippen LogP contribution in [-0.2, 0) is 32.6 Å². The monoisotopic (exact) mass is 631 g/mol. The fourth-order valence-corrected chi connectivity index (χ4v) is 6.28. The normalized spacial score (nSPS) is 12.0. The van der Waals surface area contributed by atoms with E-state index in [0.29, 0.717) is 34.3 Å². The molecule has 3 aromatic rings. The summed E-state index contributed by atoms with van der Waals surface area (Å²) in [5, 5.41) is 3.78. The van der Waals surface area contributed by atoms with Crippen molar-refractivity contribution in [3.8, 4) is 0 Å². The van der Waals surface area contributed by atoms with E-state index < -0.39 is 16.1 Å². The van der Waals surface area contributed by atoms with Crippen molar-refractivity contribution in [2.24, 2.45) is 0 Å². The molecule has 0 aliphatic heterocycles. The van der Waals surface area contributed by atoms with Gasteiger partial charge in [-0.25, -0.2) is 8.42 Å². The van der Waals surface area contributed by atoms with Gasteiger partial charge in [0.15, 0.2) is 0 Å². The first kappa shape index (κ1) is 33.4. The largest absolute Gasteiger partial charge is 0.354 e. The molecule has 0 bridgehead atoms. The maximum atomic E-state index is 14.0. The Labute approximate surface area is 259 Å². The first-order chi connectivity index (χ1) is 20.0. The highest BCUT2D eigenvalue weighted by Crippen LogP contribution is 2.28. The van der Waals surface area contributed by atoms with E-state index in [-0.39, 0.29) is 37.7 Å². The molecule has 7 nitrogen and oxygen atoms in total. The lowest BCUT2D eigenvalue weighted by Gasteiger charge is -2.32. The fraction of sp³-hybridized carbons (Fsp3) is 0.375. The van der Waals surface area contributed by atoms with Crippen LogP contribution in [0.15, 0.2) is 72.8 Å². The summed E-state index contributed by atoms with van der Waals surface area (Å²) >= 11 is 13.0. The zero-order valence-corrected chi connectivity index (χ0v) is 26.7. The number of halogens is 2. The second-order valence-corrected chi connectivity index (χ2v) is 13.0. The Morgan fingerprint density at radius 2 is 1.55 bits per heavy atom. The number of para-hydroxylation sites is 1. The number of hydrogen-bond acceptors (Lipinski definition) is 4. The zero-order chi connectivity index (χ0) is 30.7. The third-order valence-corrected chi connectivity index (χ3v) is 8.92. The number of nitrogens with one attached hydrogen (secondary N) is 1. The maximum Gasteiger partial charge on any atom is 0.243 e. The number of rotatable bonds is 15. The van der Waals surface area contributed by atoms with Crippen LogP contribution in [0.1, 0.15) is 49.3 Å². The molecule has 0 aliphatic rings. The Kier molecular flexibility index (Phi) is 12.7. The van der Waals surface area contributed by atoms with Crippen molar-refractivity contribution in [1.82, 2.24) is 10.2 Å². The van der Waals surface area contributed by atoms with Crippen molar-refractivity contribution in [3.05, 3.63) is 99.5 Å². The molecule has 0 fully saturated rings. The smallest absolute Gasteiger partial charge is 0.243 e. The van der Waals surface area contributed by atoms with E-state index in [1.54, 1.807) is 30.3 Å². The summed E-state index contributed by atoms with van der Waals surface area (Å²) in [6.45, 7) is 4.53. The molecule has 42 heavy (non-hydrogen) atoms. The number of benzene rings is 3. The van der Waals surface area contributed by atoms with Crippen molar-refractivity contribution in [2.45, 2.75) is 58.5 Å². The van der Waals surface area contributed by atoms with E-state index >= 15 is 0 Å². The second kappa shape index (κ2) is 16.0. The molecule has 0 saturated heterocycles. The van der Waals surface area contributed by atoms with Gasteiger partial charge in [0.05, 0.1) is 11.9 Å². The predicted molar refractivity (Wildman–Crippen MR) is 171 cm³/mol. The molecule has 3 rings (SSSR count). The van der Waals surface area contributed by atoms with Crippen LogP contribution < -0.4 is 9.62 Å². The number of carbonyl (C=O) groups is 2. The number of aryl methyl sites for hydroxylation is 1. The molecule has 1 N–H and O–H groups in total. The van der Waals surface area contributed by atoms with Gasteiger partial charge in [0.2, 0.25) is 21.8 Å². The van der Waals surface area contributed by atoms with Gasteiger partial charge < -0.3 is 10.2 Å². The van der Waals surface area contributed by atoms with Crippen LogP contribution in [0, 0.1) is 6.92 Å². The van der Waals surface area contributed by atoms with E-state index in [1.165, 1.54) is 9.21 Å². The number of amides is 2. The van der Waals surface area contributed by atoms with Crippen LogP contribution in [0.2, 0.25) is 10.0 Å². The topological polar surface area (TPSA) is 86.8 Å². The Bertz CT molecular complexity index is 1430. The van der Waals surface area contributed by atoms with Gasteiger partial charge in [-0.05, 0) is 49.1 Å². The Hall–Kier alpha value is -3.07. The van der Waals surface area contributed by atoms with E-state index in [9.17, 15) is 18.0 Å². The van der Waals surface area contributed by atoms with Gasteiger partial charge >= 0.3 is 0 Å². The first-order valence-electron chi connectivity index (χ1n) is 14.1. The Morgan fingerprint density at radius 3 is 2.17 bits per heavy atom. The van der Waals surface area contributed by atoms with E-state index in [4.69, 9.17) is 23.2 Å². The average Bonchev–Trinajstić information content (AvgIpc) is 2.95. The molecule has 3 aromatic carbocycles. The van der Waals surface area contributed by atoms with Gasteiger partial charge in [-0.1, -0.05) is 91.1 Å². The standard InChI is InChI=1S/C32H39Cl2N3O4S/c1-4-5-20-35-32(39)30(22-25-14-7-6-8-15-25)36(23-26-27(33)16-11-17-28(26)34)31(38)19-12-21-37(42(3,40)41)29-18-10-9-13-24(29)2/h6-11,13-18,30H,4-5,12,19-23H2,1-3H3,(H,35,39). The van der Waals surface area contributed by atoms with Gasteiger partial charge in [-0.3, -0.25) is 13.9 Å². The first-order valence-corrected chi connectivity index (χ1v) is 16.7. The van der Waals surface area contributed by atoms with E-state index in [1.807, 2.05) is 56.3 Å². The molecule has 0 heterocycles. The molecule has 10 heteroatoms. The highest BCUT2D eigenvalue weighted by atomic mass is 35.5. The lowest BCUT2D eigenvalue weighted by Crippen LogP contribution is -2.50. The summed E-state index contributed by atoms with van der Waals surface area (Å²) < 4.78 is 26.7. The van der Waals surface area contributed by atoms with Crippen molar-refractivity contribution < 1.29 is 18.0 Å². The van der Waals surface area contributed by atoms with Gasteiger partial charge in [-0.15, -0.1) is 0 Å². The van der Waals surface area contributed by atoms with Crippen molar-refractivity contribution >= 4 is 50.7 Å². The van der Waals surface area contributed by atoms with Crippen LogP contribution >= 0.6 is 23.2 Å². The lowest BCUT2D eigenvalue weighted by molar-refractivity contribution is -0.141. The lowest BCUT2D eigenvalue weighted by atomic mass is 10.0. The highest BCUT2D eigenvalue weighted by Gasteiger charge is 2.31. The van der Waals surface area contributed by atoms with Crippen LogP contribution in [0.25, 0.3) is 0 Å². The van der Waals surface area contributed by atoms with Gasteiger partial charge in [0, 0.05) is 48.1 Å². The van der Waals surface area contributed by atoms with Crippen LogP contribution in [0.3, 0.4) is 0 Å². The van der Waals surface area contributed by atoms with Gasteiger partial charge in [0.25, 0.3) is 0 Å². The highest BCUT2D eigenvalue weighted by molar-refractivity contribution is 7.92. The average molecular weight is 633 g/mol. The summed E-state index contributed by atoms with van der Waals surface area (Å²) in [5.41, 5.74) is 2.84. The van der Waals surface area contributed by atoms with E-state index in [2.05, 4.69) is 5.32 Å². The molecular formula is C32H39Cl2N3O4S. The summed E-state index contributed by atoms with van der Waals surface area (Å²) in [7, 11) is -3.59. The molecular weight excluding hydrogens is 593 g/mol. The number of hydrogen-bond donors (Lipinski definition) is 1. The molecule has 226 valence electrons. The minimum Gasteiger partial charge on any atom is -0.354 e. The van der Waals surface area contributed by atoms with Crippen molar-refractivity contribution in [2.75, 3.05) is 23.7 Å². The summed E-state index contributed by atoms with van der Waals surface area (Å²) in [5.74, 6) is -0.558. The van der Waals surface area contributed by atoms with Crippen LogP contribution in [-0.4, -0.2) is 50.5 Å². The molecule has 1 atom stereocenters. The molecule has 0 radical (unpaired) electrons. The second-order valence-electron chi connectivity index (χ2n) is 10.3. The Morgan fingerprint density at radius 1 is 0.905 bits per heavy atom. The molecule has 0 aromatic heterocycles. The van der Waals surface area contributed by atoms with Crippen molar-refractivity contribution in [3.63, 3.8) is 0 Å². The van der Waals surface area contributed by atoms with Gasteiger partial charge in [-0.2, -0.15) is 0 Å². The summed E-state index contributed by atoms with van der Waals surface area (Å²) in [6.07, 6.45) is 3.46. The van der Waals surface area contributed by atoms with Gasteiger partial charge in [0.1, 0.15) is 6.04 Å². The maximum absolute atomic E-state index is 14.0. The zero-order valence-electron chi connectivity index (χ0n) is 24.4. The minimum atomic E-state index is -3.59. The third-order valence-electron chi connectivity index (χ3n) is 7.03. The van der Waals surface area contributed by atoms with E-state index in [0.717, 1.165) is 30.2 Å². The summed E-state index contributed by atoms with van der Waals surface area (Å²) in [4.78, 5) is 29.1. The fourth-order valence-electron chi connectivity index (χ4n) is 4.74. The molecule has 0 aliphatic carbocycles. The number of anilines is 1. The predicted octanol–water partition coefficient (Wildman–Crippen LogP) is 6.40. The molecule has 1 unspecified atom stereocenters. The molecule has 0 spiro atoms. The Balaban J connectivity index is 1.92. The minimum absolute atomic E-state index is 0.0213. The number of sulfonamides is 1. The molecule has 0 saturated carbocycles. The van der Waals surface area contributed by atoms with Crippen molar-refractivity contribution in [1.29, 1.82) is 0 Å². The SMILES string of the molecule is CCCCNC(=O)C(Cc1ccccc1)N(Cc1c(Cl)cccc1Cl)C(=O)CCCN(c1ccccc1C)S(C)(=O)=O. The number of nitrogens with zero attached hydrogens (tertiary/aromatic N) is 2. The number of unbranched alkanes of at least 4 members (excludes halogenated alkanes) is 1. The number of carbonyl (C=O) groups excluding carboxylic acids is 2. The quantitative estimate of drug-likeness (QED) is 0.197. The molecule has 2 amide bonds. The van der Waals surface area contributed by atoms with Crippen LogP contribution in [0.4, 0.5) is 5.69 Å². The van der Waals surface area contributed by atoms with Crippen LogP contribution in [0.5, 0.6) is 0 Å². The third kappa shape index (κ3) is 9.48. The summed E-state index contributed by atoms with van der Waals surface area (Å²) in [6, 6.07) is 21.0.